The molecule has 4 rings (SSSR count). The van der Waals surface area contributed by atoms with E-state index in [1.807, 2.05) is 18.3 Å². The smallest absolute Gasteiger partial charge is 0.257 e. The third kappa shape index (κ3) is 4.09. The molecule has 2 aromatic heterocycles. The molecule has 6 heteroatoms. The molecule has 0 saturated heterocycles. The van der Waals surface area contributed by atoms with Crippen LogP contribution in [0.4, 0.5) is 11.5 Å². The maximum atomic E-state index is 12.4. The van der Waals surface area contributed by atoms with Crippen molar-refractivity contribution in [3.63, 3.8) is 0 Å². The summed E-state index contributed by atoms with van der Waals surface area (Å²) < 4.78 is 0. The first-order chi connectivity index (χ1) is 14.2. The number of pyridine rings is 1. The Bertz CT molecular complexity index is 1190. The molecule has 2 aromatic carbocycles. The summed E-state index contributed by atoms with van der Waals surface area (Å²) in [5, 5.41) is 16.4. The fourth-order valence-corrected chi connectivity index (χ4v) is 3.18. The van der Waals surface area contributed by atoms with Gasteiger partial charge < -0.3 is 15.6 Å². The highest BCUT2D eigenvalue weighted by molar-refractivity contribution is 6.04. The van der Waals surface area contributed by atoms with Gasteiger partial charge in [-0.3, -0.25) is 4.79 Å². The van der Waals surface area contributed by atoms with E-state index in [0.29, 0.717) is 22.6 Å². The van der Waals surface area contributed by atoms with Gasteiger partial charge in [0.2, 0.25) is 0 Å². The number of rotatable bonds is 6. The van der Waals surface area contributed by atoms with Crippen molar-refractivity contribution in [3.05, 3.63) is 89.7 Å². The van der Waals surface area contributed by atoms with Gasteiger partial charge in [-0.05, 0) is 42.3 Å². The first kappa shape index (κ1) is 18.3. The summed E-state index contributed by atoms with van der Waals surface area (Å²) in [6, 6.07) is 20.7. The van der Waals surface area contributed by atoms with Crippen LogP contribution in [-0.4, -0.2) is 22.4 Å². The third-order valence-corrected chi connectivity index (χ3v) is 4.70. The molecule has 142 valence electrons. The van der Waals surface area contributed by atoms with Crippen molar-refractivity contribution < 1.29 is 4.79 Å². The molecule has 1 amide bonds. The lowest BCUT2D eigenvalue weighted by Gasteiger charge is -2.08. The summed E-state index contributed by atoms with van der Waals surface area (Å²) in [5.41, 5.74) is 3.72. The van der Waals surface area contributed by atoms with Crippen LogP contribution in [0.15, 0.2) is 73.1 Å². The summed E-state index contributed by atoms with van der Waals surface area (Å²) in [6.07, 6.45) is 4.42. The lowest BCUT2D eigenvalue weighted by Crippen LogP contribution is -2.13. The van der Waals surface area contributed by atoms with Crippen LogP contribution in [0.25, 0.3) is 10.9 Å². The van der Waals surface area contributed by atoms with Gasteiger partial charge in [0.05, 0.1) is 16.8 Å². The minimum atomic E-state index is -0.300. The molecule has 0 atom stereocenters. The minimum absolute atomic E-state index is 0.300. The summed E-state index contributed by atoms with van der Waals surface area (Å²) >= 11 is 0. The Morgan fingerprint density at radius 1 is 1.07 bits per heavy atom. The number of hydrogen-bond acceptors (Lipinski definition) is 4. The van der Waals surface area contributed by atoms with Gasteiger partial charge in [-0.25, -0.2) is 4.98 Å². The van der Waals surface area contributed by atoms with E-state index in [4.69, 9.17) is 5.26 Å². The first-order valence-corrected chi connectivity index (χ1v) is 9.30. The van der Waals surface area contributed by atoms with Crippen LogP contribution < -0.4 is 10.6 Å². The Morgan fingerprint density at radius 3 is 2.72 bits per heavy atom. The number of H-pyrrole nitrogens is 1. The van der Waals surface area contributed by atoms with E-state index in [2.05, 4.69) is 38.8 Å². The zero-order valence-corrected chi connectivity index (χ0v) is 15.6. The number of aromatic nitrogens is 2. The number of para-hydroxylation sites is 2. The fourth-order valence-electron chi connectivity index (χ4n) is 3.18. The number of hydrogen-bond donors (Lipinski definition) is 3. The largest absolute Gasteiger partial charge is 0.370 e. The normalized spacial score (nSPS) is 10.4. The molecule has 6 nitrogen and oxygen atoms in total. The molecule has 0 bridgehead atoms. The molecule has 0 fully saturated rings. The highest BCUT2D eigenvalue weighted by Crippen LogP contribution is 2.18. The SMILES string of the molecule is N#Cc1ccccc1NC(=O)c1ccc(NCCc2c[nH]c3ccccc23)nc1. The van der Waals surface area contributed by atoms with Gasteiger partial charge in [0.1, 0.15) is 11.9 Å². The highest BCUT2D eigenvalue weighted by Gasteiger charge is 2.09. The van der Waals surface area contributed by atoms with Crippen molar-refractivity contribution in [1.29, 1.82) is 5.26 Å². The molecule has 0 radical (unpaired) electrons. The lowest BCUT2D eigenvalue weighted by molar-refractivity contribution is 0.102. The number of carbonyl (C=O) groups is 1. The summed E-state index contributed by atoms with van der Waals surface area (Å²) in [7, 11) is 0. The maximum Gasteiger partial charge on any atom is 0.257 e. The third-order valence-electron chi connectivity index (χ3n) is 4.70. The molecule has 4 aromatic rings. The molecule has 3 N–H and O–H groups in total. The Labute approximate surface area is 168 Å². The predicted octanol–water partition coefficient (Wildman–Crippen LogP) is 4.34. The van der Waals surface area contributed by atoms with Crippen LogP contribution in [0.3, 0.4) is 0 Å². The van der Waals surface area contributed by atoms with Crippen LogP contribution in [0, 0.1) is 11.3 Å². The van der Waals surface area contributed by atoms with Crippen LogP contribution in [0.5, 0.6) is 0 Å². The number of nitrogens with zero attached hydrogens (tertiary/aromatic N) is 2. The van der Waals surface area contributed by atoms with Crippen molar-refractivity contribution in [1.82, 2.24) is 9.97 Å². The second-order valence-corrected chi connectivity index (χ2v) is 6.58. The number of aromatic amines is 1. The quantitative estimate of drug-likeness (QED) is 0.463. The van der Waals surface area contributed by atoms with Gasteiger partial charge >= 0.3 is 0 Å². The number of anilines is 2. The fraction of sp³-hybridized carbons (Fsp3) is 0.0870. The van der Waals surface area contributed by atoms with E-state index >= 15 is 0 Å². The number of amides is 1. The van der Waals surface area contributed by atoms with Crippen LogP contribution in [-0.2, 0) is 6.42 Å². The van der Waals surface area contributed by atoms with Crippen LogP contribution >= 0.6 is 0 Å². The number of nitrogens with one attached hydrogen (secondary N) is 3. The Balaban J connectivity index is 1.35. The maximum absolute atomic E-state index is 12.4. The van der Waals surface area contributed by atoms with Crippen LogP contribution in [0.1, 0.15) is 21.5 Å². The molecule has 2 heterocycles. The Hall–Kier alpha value is -4.11. The molecule has 29 heavy (non-hydrogen) atoms. The van der Waals surface area contributed by atoms with Crippen molar-refractivity contribution >= 4 is 28.3 Å². The molecule has 0 aliphatic heterocycles. The number of fused-ring (bicyclic) bond motifs is 1. The van der Waals surface area contributed by atoms with E-state index in [9.17, 15) is 4.79 Å². The van der Waals surface area contributed by atoms with E-state index in [0.717, 1.165) is 18.5 Å². The van der Waals surface area contributed by atoms with E-state index < -0.39 is 0 Å². The predicted molar refractivity (Wildman–Crippen MR) is 114 cm³/mol. The molecule has 0 saturated carbocycles. The Morgan fingerprint density at radius 2 is 1.90 bits per heavy atom. The number of carbonyl (C=O) groups excluding carboxylic acids is 1. The summed E-state index contributed by atoms with van der Waals surface area (Å²) in [4.78, 5) is 20.0. The molecule has 0 aliphatic carbocycles. The highest BCUT2D eigenvalue weighted by atomic mass is 16.1. The van der Waals surface area contributed by atoms with Crippen molar-refractivity contribution in [2.24, 2.45) is 0 Å². The van der Waals surface area contributed by atoms with E-state index in [-0.39, 0.29) is 5.91 Å². The summed E-state index contributed by atoms with van der Waals surface area (Å²) in [6.45, 7) is 0.732. The first-order valence-electron chi connectivity index (χ1n) is 9.30. The van der Waals surface area contributed by atoms with Crippen molar-refractivity contribution in [3.8, 4) is 6.07 Å². The van der Waals surface area contributed by atoms with E-state index in [1.54, 1.807) is 36.4 Å². The molecule has 0 unspecified atom stereocenters. The topological polar surface area (TPSA) is 93.6 Å². The molecular formula is C23H19N5O. The average Bonchev–Trinajstić information content (AvgIpc) is 3.18. The Kier molecular flexibility index (Phi) is 5.21. The van der Waals surface area contributed by atoms with E-state index in [1.165, 1.54) is 17.1 Å². The molecule has 0 spiro atoms. The summed E-state index contributed by atoms with van der Waals surface area (Å²) in [5.74, 6) is 0.407. The molecule has 0 aliphatic rings. The number of benzene rings is 2. The average molecular weight is 381 g/mol. The monoisotopic (exact) mass is 381 g/mol. The van der Waals surface area contributed by atoms with Gasteiger partial charge in [-0.15, -0.1) is 0 Å². The standard InChI is InChI=1S/C23H19N5O/c24-13-16-5-1-3-7-20(16)28-23(29)18-9-10-22(27-15-18)25-12-11-17-14-26-21-8-4-2-6-19(17)21/h1-10,14-15,26H,11-12H2,(H,25,27)(H,28,29). The lowest BCUT2D eigenvalue weighted by atomic mass is 10.1. The van der Waals surface area contributed by atoms with Gasteiger partial charge in [0.25, 0.3) is 5.91 Å². The van der Waals surface area contributed by atoms with Crippen molar-refractivity contribution in [2.75, 3.05) is 17.2 Å². The van der Waals surface area contributed by atoms with Gasteiger partial charge in [0, 0.05) is 29.8 Å². The van der Waals surface area contributed by atoms with Gasteiger partial charge in [-0.1, -0.05) is 30.3 Å². The second-order valence-electron chi connectivity index (χ2n) is 6.58. The number of nitriles is 1. The van der Waals surface area contributed by atoms with Gasteiger partial charge in [0.15, 0.2) is 0 Å². The minimum Gasteiger partial charge on any atom is -0.370 e. The molecular weight excluding hydrogens is 362 g/mol. The second kappa shape index (κ2) is 8.28. The van der Waals surface area contributed by atoms with Crippen LogP contribution in [0.2, 0.25) is 0 Å². The van der Waals surface area contributed by atoms with Gasteiger partial charge in [-0.2, -0.15) is 5.26 Å². The zero-order valence-electron chi connectivity index (χ0n) is 15.6. The zero-order chi connectivity index (χ0) is 20.1. The van der Waals surface area contributed by atoms with Crippen molar-refractivity contribution in [2.45, 2.75) is 6.42 Å².